The van der Waals surface area contributed by atoms with Gasteiger partial charge in [0.25, 0.3) is 0 Å². The van der Waals surface area contributed by atoms with Crippen LogP contribution in [0.1, 0.15) is 6.92 Å². The van der Waals surface area contributed by atoms with Crippen LogP contribution in [0.25, 0.3) is 0 Å². The Labute approximate surface area is 41.9 Å². The van der Waals surface area contributed by atoms with Gasteiger partial charge in [-0.25, -0.2) is 0 Å². The van der Waals surface area contributed by atoms with Gasteiger partial charge < -0.3 is 4.74 Å². The van der Waals surface area contributed by atoms with Crippen LogP contribution >= 0.6 is 12.6 Å². The molecule has 0 aromatic rings. The molecule has 0 spiro atoms. The quantitative estimate of drug-likeness (QED) is 0.298. The molecule has 0 atom stereocenters. The van der Waals surface area contributed by atoms with Crippen LogP contribution in [-0.4, -0.2) is 11.9 Å². The van der Waals surface area contributed by atoms with Gasteiger partial charge in [0.2, 0.25) is 0 Å². The summed E-state index contributed by atoms with van der Waals surface area (Å²) in [5, 5.41) is 0. The van der Waals surface area contributed by atoms with E-state index in [1.54, 1.807) is 0 Å². The van der Waals surface area contributed by atoms with E-state index in [-0.39, 0.29) is 11.9 Å². The average Bonchev–Trinajstić information content (AvgIpc) is 1.35. The van der Waals surface area contributed by atoms with E-state index >= 15 is 0 Å². The first-order valence-corrected chi connectivity index (χ1v) is 2.15. The molecule has 0 heterocycles. The summed E-state index contributed by atoms with van der Waals surface area (Å²) >= 11 is 3.62. The maximum absolute atomic E-state index is 9.77. The topological polar surface area (TPSA) is 26.3 Å². The maximum atomic E-state index is 9.77. The van der Waals surface area contributed by atoms with Gasteiger partial charge in [-0.05, 0) is 0 Å². The van der Waals surface area contributed by atoms with Crippen LogP contribution in [0.3, 0.4) is 0 Å². The zero-order valence-electron chi connectivity index (χ0n) is 3.47. The van der Waals surface area contributed by atoms with Crippen LogP contribution in [0.5, 0.6) is 0 Å². The molecule has 0 unspecified atom stereocenters. The fourth-order valence-corrected chi connectivity index (χ4v) is 0.273. The van der Waals surface area contributed by atoms with Crippen molar-refractivity contribution in [2.24, 2.45) is 0 Å². The predicted octanol–water partition coefficient (Wildman–Crippen LogP) is 0.437. The molecular weight excluding hydrogens is 100 g/mol. The molecule has 0 N–H and O–H groups in total. The Morgan fingerprint density at radius 1 is 2.00 bits per heavy atom. The minimum Gasteiger partial charge on any atom is -0.455 e. The van der Waals surface area contributed by atoms with E-state index in [9.17, 15) is 4.79 Å². The molecule has 0 aliphatic rings. The summed E-state index contributed by atoms with van der Waals surface area (Å²) in [5.74, 6) is -0.111. The Morgan fingerprint density at radius 2 is 2.50 bits per heavy atom. The molecule has 3 heteroatoms. The Balaban J connectivity index is 2.83. The molecule has 0 aromatic heterocycles. The number of thiol groups is 1. The molecule has 0 bridgehead atoms. The van der Waals surface area contributed by atoms with Gasteiger partial charge in [-0.3, -0.25) is 4.79 Å². The lowest BCUT2D eigenvalue weighted by Crippen LogP contribution is -1.93. The van der Waals surface area contributed by atoms with Crippen LogP contribution in [0.2, 0.25) is 0 Å². The summed E-state index contributed by atoms with van der Waals surface area (Å²) in [6.07, 6.45) is 0. The zero-order chi connectivity index (χ0) is 4.99. The van der Waals surface area contributed by atoms with Crippen LogP contribution in [0.4, 0.5) is 0 Å². The molecular formula is C3H6O2S. The molecule has 0 aromatic carbocycles. The number of hydrogen-bond acceptors (Lipinski definition) is 3. The molecule has 0 saturated carbocycles. The average molecular weight is 106 g/mol. The summed E-state index contributed by atoms with van der Waals surface area (Å²) in [7, 11) is 0. The van der Waals surface area contributed by atoms with Crippen molar-refractivity contribution < 1.29 is 9.53 Å². The van der Waals surface area contributed by atoms with E-state index in [0.29, 0.717) is 0 Å². The van der Waals surface area contributed by atoms with Gasteiger partial charge >= 0.3 is 5.97 Å². The molecule has 36 valence electrons. The Kier molecular flexibility index (Phi) is 2.94. The van der Waals surface area contributed by atoms with Crippen molar-refractivity contribution in [1.29, 1.82) is 0 Å². The predicted molar refractivity (Wildman–Crippen MR) is 25.6 cm³/mol. The highest BCUT2D eigenvalue weighted by atomic mass is 32.1. The fourth-order valence-electron chi connectivity index (χ4n) is 0.0909. The summed E-state index contributed by atoms with van der Waals surface area (Å²) in [4.78, 5) is 9.77. The van der Waals surface area contributed by atoms with Gasteiger partial charge in [0, 0.05) is 6.92 Å². The highest BCUT2D eigenvalue weighted by Crippen LogP contribution is 1.76. The number of carbonyl (C=O) groups is 1. The molecule has 0 aliphatic carbocycles. The Morgan fingerprint density at radius 3 is 2.50 bits per heavy atom. The SMILES string of the molecule is CC(=O)OCS. The van der Waals surface area contributed by atoms with Crippen LogP contribution in [0.15, 0.2) is 0 Å². The first-order chi connectivity index (χ1) is 2.77. The second-order valence-corrected chi connectivity index (χ2v) is 1.02. The lowest BCUT2D eigenvalue weighted by Gasteiger charge is -1.88. The van der Waals surface area contributed by atoms with E-state index in [1.165, 1.54) is 6.92 Å². The zero-order valence-corrected chi connectivity index (χ0v) is 4.37. The van der Waals surface area contributed by atoms with Crippen LogP contribution in [0, 0.1) is 0 Å². The Bertz CT molecular complexity index is 52.8. The van der Waals surface area contributed by atoms with Crippen molar-refractivity contribution in [3.8, 4) is 0 Å². The number of hydrogen-bond donors (Lipinski definition) is 1. The molecule has 2 nitrogen and oxygen atoms in total. The molecule has 0 aliphatic heterocycles. The van der Waals surface area contributed by atoms with Crippen molar-refractivity contribution in [3.05, 3.63) is 0 Å². The summed E-state index contributed by atoms with van der Waals surface area (Å²) in [5.41, 5.74) is 0. The van der Waals surface area contributed by atoms with Crippen molar-refractivity contribution in [1.82, 2.24) is 0 Å². The molecule has 6 heavy (non-hydrogen) atoms. The van der Waals surface area contributed by atoms with Crippen molar-refractivity contribution in [2.75, 3.05) is 5.94 Å². The number of carbonyl (C=O) groups excluding carboxylic acids is 1. The van der Waals surface area contributed by atoms with E-state index in [0.717, 1.165) is 0 Å². The van der Waals surface area contributed by atoms with E-state index < -0.39 is 0 Å². The summed E-state index contributed by atoms with van der Waals surface area (Å²) in [6, 6.07) is 0. The molecule has 0 amide bonds. The third kappa shape index (κ3) is 3.82. The summed E-state index contributed by atoms with van der Waals surface area (Å²) < 4.78 is 4.27. The second kappa shape index (κ2) is 3.03. The van der Waals surface area contributed by atoms with Gasteiger partial charge in [-0.1, -0.05) is 0 Å². The summed E-state index contributed by atoms with van der Waals surface area (Å²) in [6.45, 7) is 1.34. The second-order valence-electron chi connectivity index (χ2n) is 0.765. The first-order valence-electron chi connectivity index (χ1n) is 1.51. The largest absolute Gasteiger partial charge is 0.455 e. The van der Waals surface area contributed by atoms with Gasteiger partial charge in [0.05, 0.1) is 0 Å². The molecule has 0 rings (SSSR count). The van der Waals surface area contributed by atoms with Crippen molar-refractivity contribution >= 4 is 18.6 Å². The number of ether oxygens (including phenoxy) is 1. The lowest BCUT2D eigenvalue weighted by molar-refractivity contribution is -0.138. The van der Waals surface area contributed by atoms with Crippen LogP contribution in [-0.2, 0) is 9.53 Å². The van der Waals surface area contributed by atoms with Gasteiger partial charge in [0.15, 0.2) is 0 Å². The fraction of sp³-hybridized carbons (Fsp3) is 0.667. The van der Waals surface area contributed by atoms with Gasteiger partial charge in [-0.15, -0.1) is 12.6 Å². The monoisotopic (exact) mass is 106 g/mol. The van der Waals surface area contributed by atoms with E-state index in [4.69, 9.17) is 0 Å². The number of rotatable bonds is 1. The van der Waals surface area contributed by atoms with E-state index in [1.807, 2.05) is 0 Å². The number of esters is 1. The third-order valence-electron chi connectivity index (χ3n) is 0.268. The van der Waals surface area contributed by atoms with Gasteiger partial charge in [-0.2, -0.15) is 0 Å². The van der Waals surface area contributed by atoms with E-state index in [2.05, 4.69) is 17.4 Å². The maximum Gasteiger partial charge on any atom is 0.303 e. The normalized spacial score (nSPS) is 7.67. The first kappa shape index (κ1) is 5.82. The van der Waals surface area contributed by atoms with Crippen LogP contribution < -0.4 is 0 Å². The third-order valence-corrected chi connectivity index (χ3v) is 0.397. The molecule has 0 saturated heterocycles. The van der Waals surface area contributed by atoms with Crippen molar-refractivity contribution in [2.45, 2.75) is 6.92 Å². The van der Waals surface area contributed by atoms with Gasteiger partial charge in [0.1, 0.15) is 5.94 Å². The molecule has 0 fully saturated rings. The highest BCUT2D eigenvalue weighted by molar-refractivity contribution is 7.80. The standard InChI is InChI=1S/C3H6O2S/c1-3(4)5-2-6/h6H,2H2,1H3. The Hall–Kier alpha value is -0.180. The highest BCUT2D eigenvalue weighted by Gasteiger charge is 1.82. The molecule has 0 radical (unpaired) electrons. The minimum atomic E-state index is -0.287. The minimum absolute atomic E-state index is 0.176. The smallest absolute Gasteiger partial charge is 0.303 e. The lowest BCUT2D eigenvalue weighted by atomic mass is 10.8. The van der Waals surface area contributed by atoms with Crippen molar-refractivity contribution in [3.63, 3.8) is 0 Å².